The zero-order valence-corrected chi connectivity index (χ0v) is 12.9. The normalized spacial score (nSPS) is 12.9. The fraction of sp³-hybridized carbons (Fsp3) is 0.647. The summed E-state index contributed by atoms with van der Waals surface area (Å²) in [5.41, 5.74) is 2.28. The van der Waals surface area contributed by atoms with Crippen LogP contribution in [0, 0.1) is 6.92 Å². The first kappa shape index (κ1) is 16.0. The van der Waals surface area contributed by atoms with Crippen molar-refractivity contribution in [1.82, 2.24) is 4.90 Å². The van der Waals surface area contributed by atoms with E-state index in [-0.39, 0.29) is 6.04 Å². The molecule has 1 rings (SSSR count). The molecule has 0 saturated heterocycles. The van der Waals surface area contributed by atoms with Gasteiger partial charge in [0.15, 0.2) is 0 Å². The molecule has 0 aliphatic carbocycles. The largest absolute Gasteiger partial charge is 0.508 e. The topological polar surface area (TPSA) is 23.5 Å². The van der Waals surface area contributed by atoms with Crippen LogP contribution in [0.25, 0.3) is 0 Å². The zero-order valence-electron chi connectivity index (χ0n) is 12.9. The zero-order chi connectivity index (χ0) is 14.3. The molecule has 108 valence electrons. The van der Waals surface area contributed by atoms with E-state index in [0.29, 0.717) is 5.75 Å². The van der Waals surface area contributed by atoms with E-state index in [1.807, 2.05) is 12.1 Å². The third kappa shape index (κ3) is 4.87. The Morgan fingerprint density at radius 1 is 1.11 bits per heavy atom. The maximum absolute atomic E-state index is 10.1. The third-order valence-electron chi connectivity index (χ3n) is 3.78. The Labute approximate surface area is 118 Å². The van der Waals surface area contributed by atoms with Gasteiger partial charge in [-0.2, -0.15) is 0 Å². The number of nitrogens with zero attached hydrogens (tertiary/aromatic N) is 1. The molecule has 0 radical (unpaired) electrons. The minimum absolute atomic E-state index is 0.290. The summed E-state index contributed by atoms with van der Waals surface area (Å²) in [6, 6.07) is 6.19. The maximum Gasteiger partial charge on any atom is 0.120 e. The van der Waals surface area contributed by atoms with E-state index >= 15 is 0 Å². The average Bonchev–Trinajstić information content (AvgIpc) is 2.41. The molecule has 0 heterocycles. The monoisotopic (exact) mass is 263 g/mol. The summed E-state index contributed by atoms with van der Waals surface area (Å²) in [6.45, 7) is 11.0. The van der Waals surface area contributed by atoms with Crippen LogP contribution in [0.4, 0.5) is 0 Å². The number of aromatic hydroxyl groups is 1. The minimum atomic E-state index is 0.290. The molecule has 0 amide bonds. The Hall–Kier alpha value is -1.02. The Kier molecular flexibility index (Phi) is 6.93. The molecule has 0 aliphatic heterocycles. The molecule has 0 bridgehead atoms. The van der Waals surface area contributed by atoms with E-state index in [1.54, 1.807) is 0 Å². The van der Waals surface area contributed by atoms with Crippen molar-refractivity contribution in [2.24, 2.45) is 0 Å². The highest BCUT2D eigenvalue weighted by molar-refractivity contribution is 5.37. The second kappa shape index (κ2) is 8.21. The van der Waals surface area contributed by atoms with Gasteiger partial charge in [-0.1, -0.05) is 44.4 Å². The van der Waals surface area contributed by atoms with Crippen molar-refractivity contribution in [3.63, 3.8) is 0 Å². The second-order valence-electron chi connectivity index (χ2n) is 5.48. The van der Waals surface area contributed by atoms with Crippen LogP contribution in [0.2, 0.25) is 0 Å². The molecule has 1 N–H and O–H groups in total. The van der Waals surface area contributed by atoms with E-state index in [1.165, 1.54) is 31.2 Å². The first-order chi connectivity index (χ1) is 9.10. The number of benzene rings is 1. The summed E-state index contributed by atoms with van der Waals surface area (Å²) in [4.78, 5) is 2.50. The molecule has 0 fully saturated rings. The fourth-order valence-corrected chi connectivity index (χ4v) is 2.43. The van der Waals surface area contributed by atoms with Crippen LogP contribution >= 0.6 is 0 Å². The predicted octanol–water partition coefficient (Wildman–Crippen LogP) is 4.66. The van der Waals surface area contributed by atoms with Crippen LogP contribution in [0.3, 0.4) is 0 Å². The summed E-state index contributed by atoms with van der Waals surface area (Å²) in [5.74, 6) is 0.427. The second-order valence-corrected chi connectivity index (χ2v) is 5.48. The van der Waals surface area contributed by atoms with Crippen molar-refractivity contribution in [3.8, 4) is 5.75 Å². The molecule has 1 aromatic rings. The standard InChI is InChI=1S/C17H29NO/c1-5-7-11-18(12-8-6-2)15(4)16-13-14(3)9-10-17(16)19/h9-10,13,15,19H,5-8,11-12H2,1-4H3. The average molecular weight is 263 g/mol. The van der Waals surface area contributed by atoms with E-state index in [4.69, 9.17) is 0 Å². The maximum atomic E-state index is 10.1. The summed E-state index contributed by atoms with van der Waals surface area (Å²) >= 11 is 0. The van der Waals surface area contributed by atoms with Gasteiger partial charge in [-0.3, -0.25) is 4.90 Å². The van der Waals surface area contributed by atoms with Gasteiger partial charge in [0.1, 0.15) is 5.75 Å². The van der Waals surface area contributed by atoms with Crippen molar-refractivity contribution in [2.45, 2.75) is 59.4 Å². The van der Waals surface area contributed by atoms with Gasteiger partial charge in [0.25, 0.3) is 0 Å². The Morgan fingerprint density at radius 2 is 1.68 bits per heavy atom. The SMILES string of the molecule is CCCCN(CCCC)C(C)c1cc(C)ccc1O. The van der Waals surface area contributed by atoms with Crippen molar-refractivity contribution < 1.29 is 5.11 Å². The van der Waals surface area contributed by atoms with Crippen molar-refractivity contribution in [3.05, 3.63) is 29.3 Å². The lowest BCUT2D eigenvalue weighted by atomic mass is 10.0. The van der Waals surface area contributed by atoms with E-state index in [9.17, 15) is 5.11 Å². The van der Waals surface area contributed by atoms with Gasteiger partial charge >= 0.3 is 0 Å². The van der Waals surface area contributed by atoms with Crippen LogP contribution in [0.15, 0.2) is 18.2 Å². The van der Waals surface area contributed by atoms with Gasteiger partial charge in [-0.15, -0.1) is 0 Å². The molecule has 2 nitrogen and oxygen atoms in total. The number of hydrogen-bond donors (Lipinski definition) is 1. The first-order valence-corrected chi connectivity index (χ1v) is 7.63. The first-order valence-electron chi connectivity index (χ1n) is 7.63. The van der Waals surface area contributed by atoms with Gasteiger partial charge in [0.2, 0.25) is 0 Å². The van der Waals surface area contributed by atoms with Gasteiger partial charge in [-0.05, 0) is 45.8 Å². The third-order valence-corrected chi connectivity index (χ3v) is 3.78. The lowest BCUT2D eigenvalue weighted by Gasteiger charge is -2.30. The number of phenolic OH excluding ortho intramolecular Hbond substituents is 1. The minimum Gasteiger partial charge on any atom is -0.508 e. The molecule has 0 saturated carbocycles. The number of aryl methyl sites for hydroxylation is 1. The smallest absolute Gasteiger partial charge is 0.120 e. The highest BCUT2D eigenvalue weighted by Crippen LogP contribution is 2.29. The molecule has 0 spiro atoms. The van der Waals surface area contributed by atoms with Crippen LogP contribution < -0.4 is 0 Å². The van der Waals surface area contributed by atoms with Crippen LogP contribution in [-0.2, 0) is 0 Å². The summed E-state index contributed by atoms with van der Waals surface area (Å²) in [5, 5.41) is 10.1. The van der Waals surface area contributed by atoms with Gasteiger partial charge in [0, 0.05) is 11.6 Å². The van der Waals surface area contributed by atoms with Crippen molar-refractivity contribution >= 4 is 0 Å². The van der Waals surface area contributed by atoms with Gasteiger partial charge in [-0.25, -0.2) is 0 Å². The molecule has 1 atom stereocenters. The molecular weight excluding hydrogens is 234 g/mol. The fourth-order valence-electron chi connectivity index (χ4n) is 2.43. The molecule has 1 aromatic carbocycles. The van der Waals surface area contributed by atoms with E-state index < -0.39 is 0 Å². The quantitative estimate of drug-likeness (QED) is 0.737. The van der Waals surface area contributed by atoms with Crippen LogP contribution in [0.5, 0.6) is 5.75 Å². The molecule has 1 unspecified atom stereocenters. The van der Waals surface area contributed by atoms with E-state index in [0.717, 1.165) is 18.7 Å². The Bertz CT molecular complexity index is 368. The van der Waals surface area contributed by atoms with Crippen molar-refractivity contribution in [1.29, 1.82) is 0 Å². The highest BCUT2D eigenvalue weighted by atomic mass is 16.3. The summed E-state index contributed by atoms with van der Waals surface area (Å²) < 4.78 is 0. The Balaban J connectivity index is 2.83. The number of rotatable bonds is 8. The lowest BCUT2D eigenvalue weighted by molar-refractivity contribution is 0.201. The molecule has 19 heavy (non-hydrogen) atoms. The summed E-state index contributed by atoms with van der Waals surface area (Å²) in [6.07, 6.45) is 4.88. The van der Waals surface area contributed by atoms with E-state index in [2.05, 4.69) is 38.7 Å². The number of hydrogen-bond acceptors (Lipinski definition) is 2. The highest BCUT2D eigenvalue weighted by Gasteiger charge is 2.17. The van der Waals surface area contributed by atoms with Crippen LogP contribution in [-0.4, -0.2) is 23.1 Å². The number of phenols is 1. The molecule has 0 aliphatic rings. The van der Waals surface area contributed by atoms with Crippen molar-refractivity contribution in [2.75, 3.05) is 13.1 Å². The lowest BCUT2D eigenvalue weighted by Crippen LogP contribution is -2.29. The Morgan fingerprint density at radius 3 is 2.21 bits per heavy atom. The molecular formula is C17H29NO. The van der Waals surface area contributed by atoms with Gasteiger partial charge in [0.05, 0.1) is 0 Å². The molecule has 2 heteroatoms. The predicted molar refractivity (Wildman–Crippen MR) is 82.6 cm³/mol. The molecule has 0 aromatic heterocycles. The van der Waals surface area contributed by atoms with Gasteiger partial charge < -0.3 is 5.11 Å². The number of unbranched alkanes of at least 4 members (excludes halogenated alkanes) is 2. The summed E-state index contributed by atoms with van der Waals surface area (Å²) in [7, 11) is 0. The van der Waals surface area contributed by atoms with Crippen LogP contribution in [0.1, 0.15) is 63.6 Å².